The number of H-pyrrole nitrogens is 2. The minimum absolute atomic E-state index is 0.103. The summed E-state index contributed by atoms with van der Waals surface area (Å²) in [6.07, 6.45) is 2.77. The minimum atomic E-state index is -0.264. The zero-order chi connectivity index (χ0) is 15.0. The molecular formula is C15H17BrN2O3. The van der Waals surface area contributed by atoms with Crippen molar-refractivity contribution in [1.82, 2.24) is 9.97 Å². The van der Waals surface area contributed by atoms with Crippen LogP contribution in [0.4, 0.5) is 0 Å². The number of Topliss-reactive ketones (excluding diaryl/α,β-unsaturated/α-hetero) is 1. The van der Waals surface area contributed by atoms with Gasteiger partial charge >= 0.3 is 5.69 Å². The van der Waals surface area contributed by atoms with E-state index < -0.39 is 0 Å². The maximum atomic E-state index is 12.4. The molecule has 2 N–H and O–H groups in total. The lowest BCUT2D eigenvalue weighted by Crippen LogP contribution is -2.32. The molecule has 0 aliphatic heterocycles. The Bertz CT molecular complexity index is 728. The molecule has 0 bridgehead atoms. The predicted molar refractivity (Wildman–Crippen MR) is 83.7 cm³/mol. The normalized spacial score (nSPS) is 21.4. The molecule has 0 amide bonds. The fourth-order valence-corrected chi connectivity index (χ4v) is 3.42. The molecule has 3 rings (SSSR count). The number of carbonyl (C=O) groups is 1. The summed E-state index contributed by atoms with van der Waals surface area (Å²) >= 11 is 3.41. The largest absolute Gasteiger partial charge is 0.378 e. The van der Waals surface area contributed by atoms with E-state index in [1.807, 2.05) is 6.92 Å². The van der Waals surface area contributed by atoms with E-state index in [4.69, 9.17) is 4.74 Å². The first-order valence-corrected chi connectivity index (χ1v) is 7.92. The van der Waals surface area contributed by atoms with Crippen LogP contribution in [0.2, 0.25) is 0 Å². The highest BCUT2D eigenvalue weighted by molar-refractivity contribution is 9.10. The Morgan fingerprint density at radius 3 is 2.67 bits per heavy atom. The number of fused-ring (bicyclic) bond motifs is 1. The summed E-state index contributed by atoms with van der Waals surface area (Å²) < 4.78 is 6.23. The van der Waals surface area contributed by atoms with Crippen molar-refractivity contribution < 1.29 is 9.53 Å². The summed E-state index contributed by atoms with van der Waals surface area (Å²) in [4.78, 5) is 29.1. The van der Waals surface area contributed by atoms with Crippen LogP contribution >= 0.6 is 15.9 Å². The first-order valence-electron chi connectivity index (χ1n) is 7.13. The van der Waals surface area contributed by atoms with Crippen LogP contribution in [0.3, 0.4) is 0 Å². The van der Waals surface area contributed by atoms with Crippen molar-refractivity contribution in [2.45, 2.75) is 32.3 Å². The van der Waals surface area contributed by atoms with Crippen molar-refractivity contribution in [2.24, 2.45) is 5.92 Å². The van der Waals surface area contributed by atoms with Crippen LogP contribution in [0.5, 0.6) is 0 Å². The molecule has 0 spiro atoms. The van der Waals surface area contributed by atoms with Crippen LogP contribution in [-0.2, 0) is 4.74 Å². The van der Waals surface area contributed by atoms with E-state index in [0.717, 1.165) is 23.9 Å². The third-order valence-electron chi connectivity index (χ3n) is 3.97. The van der Waals surface area contributed by atoms with Gasteiger partial charge in [-0.2, -0.15) is 0 Å². The zero-order valence-electron chi connectivity index (χ0n) is 11.7. The van der Waals surface area contributed by atoms with Crippen molar-refractivity contribution in [3.05, 3.63) is 32.7 Å². The van der Waals surface area contributed by atoms with Gasteiger partial charge in [0.1, 0.15) is 0 Å². The number of carbonyl (C=O) groups excluding carboxylic acids is 1. The van der Waals surface area contributed by atoms with Gasteiger partial charge in [0.25, 0.3) is 0 Å². The molecule has 1 aromatic carbocycles. The lowest BCUT2D eigenvalue weighted by Gasteiger charge is -2.34. The minimum Gasteiger partial charge on any atom is -0.378 e. The Hall–Kier alpha value is -1.40. The first-order chi connectivity index (χ1) is 10.1. The molecule has 1 aromatic heterocycles. The Labute approximate surface area is 130 Å². The number of hydrogen-bond donors (Lipinski definition) is 2. The average Bonchev–Trinajstić information content (AvgIpc) is 2.74. The second-order valence-electron chi connectivity index (χ2n) is 5.50. The molecular weight excluding hydrogens is 336 g/mol. The van der Waals surface area contributed by atoms with E-state index in [2.05, 4.69) is 25.9 Å². The maximum absolute atomic E-state index is 12.4. The average molecular weight is 353 g/mol. The van der Waals surface area contributed by atoms with Gasteiger partial charge in [-0.25, -0.2) is 4.79 Å². The van der Waals surface area contributed by atoms with E-state index in [1.165, 1.54) is 0 Å². The molecule has 1 aliphatic carbocycles. The van der Waals surface area contributed by atoms with E-state index in [1.54, 1.807) is 12.1 Å². The quantitative estimate of drug-likeness (QED) is 0.812. The van der Waals surface area contributed by atoms with Crippen molar-refractivity contribution in [2.75, 3.05) is 6.61 Å². The molecule has 112 valence electrons. The standard InChI is InChI=1S/C15H17BrN2O3/c1-2-21-9-3-8(4-9)5-14(19)10-6-12-13(7-11(10)16)18-15(20)17-12/h6-9H,2-5H2,1H3,(H2,17,18,20). The molecule has 21 heavy (non-hydrogen) atoms. The zero-order valence-corrected chi connectivity index (χ0v) is 13.3. The number of ketones is 1. The molecule has 0 saturated heterocycles. The van der Waals surface area contributed by atoms with Gasteiger partial charge in [0.2, 0.25) is 0 Å². The maximum Gasteiger partial charge on any atom is 0.323 e. The monoisotopic (exact) mass is 352 g/mol. The van der Waals surface area contributed by atoms with Gasteiger partial charge in [0.05, 0.1) is 17.1 Å². The number of benzene rings is 1. The van der Waals surface area contributed by atoms with Gasteiger partial charge in [-0.05, 0) is 53.7 Å². The highest BCUT2D eigenvalue weighted by atomic mass is 79.9. The lowest BCUT2D eigenvalue weighted by atomic mass is 9.78. The van der Waals surface area contributed by atoms with Crippen LogP contribution in [0, 0.1) is 5.92 Å². The number of imidazole rings is 1. The van der Waals surface area contributed by atoms with Crippen LogP contribution in [0.15, 0.2) is 21.4 Å². The van der Waals surface area contributed by atoms with Crippen molar-refractivity contribution >= 4 is 32.7 Å². The second kappa shape index (κ2) is 5.77. The van der Waals surface area contributed by atoms with E-state index in [9.17, 15) is 9.59 Å². The third-order valence-corrected chi connectivity index (χ3v) is 4.63. The fourth-order valence-electron chi connectivity index (χ4n) is 2.85. The molecule has 6 heteroatoms. The molecule has 1 aliphatic rings. The highest BCUT2D eigenvalue weighted by Crippen LogP contribution is 2.34. The van der Waals surface area contributed by atoms with Crippen LogP contribution in [0.1, 0.15) is 36.5 Å². The Balaban J connectivity index is 1.73. The molecule has 0 radical (unpaired) electrons. The van der Waals surface area contributed by atoms with Gasteiger partial charge in [-0.15, -0.1) is 0 Å². The predicted octanol–water partition coefficient (Wildman–Crippen LogP) is 3.01. The SMILES string of the molecule is CCOC1CC(CC(=O)c2cc3[nH]c(=O)[nH]c3cc2Br)C1. The fraction of sp³-hybridized carbons (Fsp3) is 0.467. The Kier molecular flexibility index (Phi) is 3.99. The third kappa shape index (κ3) is 2.96. The number of aromatic nitrogens is 2. The number of rotatable bonds is 5. The van der Waals surface area contributed by atoms with Crippen LogP contribution in [0.25, 0.3) is 11.0 Å². The molecule has 1 saturated carbocycles. The Morgan fingerprint density at radius 1 is 1.33 bits per heavy atom. The van der Waals surface area contributed by atoms with Gasteiger partial charge in [0, 0.05) is 23.1 Å². The smallest absolute Gasteiger partial charge is 0.323 e. The van der Waals surface area contributed by atoms with Crippen molar-refractivity contribution in [3.63, 3.8) is 0 Å². The van der Waals surface area contributed by atoms with E-state index in [0.29, 0.717) is 35.0 Å². The van der Waals surface area contributed by atoms with Crippen LogP contribution in [-0.4, -0.2) is 28.5 Å². The summed E-state index contributed by atoms with van der Waals surface area (Å²) in [6, 6.07) is 3.50. The highest BCUT2D eigenvalue weighted by Gasteiger charge is 2.31. The van der Waals surface area contributed by atoms with Crippen molar-refractivity contribution in [1.29, 1.82) is 0 Å². The number of aromatic amines is 2. The first kappa shape index (κ1) is 14.5. The topological polar surface area (TPSA) is 75.0 Å². The summed E-state index contributed by atoms with van der Waals surface area (Å²) in [7, 11) is 0. The van der Waals surface area contributed by atoms with Crippen molar-refractivity contribution in [3.8, 4) is 0 Å². The molecule has 0 unspecified atom stereocenters. The van der Waals surface area contributed by atoms with Gasteiger partial charge in [-0.1, -0.05) is 0 Å². The Morgan fingerprint density at radius 2 is 2.00 bits per heavy atom. The van der Waals surface area contributed by atoms with Gasteiger partial charge < -0.3 is 14.7 Å². The van der Waals surface area contributed by atoms with E-state index >= 15 is 0 Å². The number of ether oxygens (including phenoxy) is 1. The summed E-state index contributed by atoms with van der Waals surface area (Å²) in [5, 5.41) is 0. The summed E-state index contributed by atoms with van der Waals surface area (Å²) in [5.41, 5.74) is 1.72. The molecule has 2 aromatic rings. The molecule has 5 nitrogen and oxygen atoms in total. The molecule has 0 atom stereocenters. The van der Waals surface area contributed by atoms with Gasteiger partial charge in [-0.3, -0.25) is 4.79 Å². The lowest BCUT2D eigenvalue weighted by molar-refractivity contribution is -0.0246. The molecule has 1 heterocycles. The number of nitrogens with one attached hydrogen (secondary N) is 2. The number of hydrogen-bond acceptors (Lipinski definition) is 3. The molecule has 1 fully saturated rings. The van der Waals surface area contributed by atoms with Gasteiger partial charge in [0.15, 0.2) is 5.78 Å². The second-order valence-corrected chi connectivity index (χ2v) is 6.35. The van der Waals surface area contributed by atoms with Crippen LogP contribution < -0.4 is 5.69 Å². The summed E-state index contributed by atoms with van der Waals surface area (Å²) in [6.45, 7) is 2.72. The van der Waals surface area contributed by atoms with E-state index in [-0.39, 0.29) is 11.5 Å². The summed E-state index contributed by atoms with van der Waals surface area (Å²) in [5.74, 6) is 0.507. The number of halogens is 1.